The van der Waals surface area contributed by atoms with Gasteiger partial charge in [-0.2, -0.15) is 0 Å². The van der Waals surface area contributed by atoms with E-state index in [0.29, 0.717) is 6.04 Å². The van der Waals surface area contributed by atoms with Crippen LogP contribution in [-0.2, 0) is 13.0 Å². The lowest BCUT2D eigenvalue weighted by Crippen LogP contribution is -2.43. The molecule has 1 aliphatic heterocycles. The van der Waals surface area contributed by atoms with Crippen molar-refractivity contribution in [1.29, 1.82) is 0 Å². The Kier molecular flexibility index (Phi) is 2.31. The van der Waals surface area contributed by atoms with Crippen molar-refractivity contribution in [3.8, 4) is 0 Å². The highest BCUT2D eigenvalue weighted by Crippen LogP contribution is 2.28. The molecule has 1 fully saturated rings. The largest absolute Gasteiger partial charge is 0.358 e. The van der Waals surface area contributed by atoms with Crippen LogP contribution in [0.2, 0.25) is 0 Å². The van der Waals surface area contributed by atoms with E-state index in [1.807, 2.05) is 11.0 Å². The number of hydrogen-bond acceptors (Lipinski definition) is 1. The second kappa shape index (κ2) is 4.02. The van der Waals surface area contributed by atoms with Crippen LogP contribution in [0.1, 0.15) is 24.1 Å². The third-order valence-corrected chi connectivity index (χ3v) is 4.07. The summed E-state index contributed by atoms with van der Waals surface area (Å²) in [7, 11) is 0. The lowest BCUT2D eigenvalue weighted by molar-refractivity contribution is 0.192. The van der Waals surface area contributed by atoms with Crippen LogP contribution in [0.4, 0.5) is 4.79 Å². The lowest BCUT2D eigenvalue weighted by atomic mass is 10.0. The molecule has 4 heteroatoms. The van der Waals surface area contributed by atoms with E-state index in [1.54, 1.807) is 0 Å². The Labute approximate surface area is 111 Å². The summed E-state index contributed by atoms with van der Waals surface area (Å²) in [6.45, 7) is 1.52. The Hall–Kier alpha value is -1.97. The molecule has 2 aliphatic rings. The van der Waals surface area contributed by atoms with E-state index in [4.69, 9.17) is 0 Å². The molecular formula is C15H17N3O. The number of hydrogen-bond donors (Lipinski definition) is 2. The number of fused-ring (bicyclic) bond motifs is 3. The monoisotopic (exact) mass is 255 g/mol. The van der Waals surface area contributed by atoms with Gasteiger partial charge in [0.05, 0.1) is 0 Å². The fourth-order valence-corrected chi connectivity index (χ4v) is 2.83. The van der Waals surface area contributed by atoms with E-state index in [9.17, 15) is 4.79 Å². The van der Waals surface area contributed by atoms with Crippen molar-refractivity contribution >= 4 is 16.9 Å². The molecule has 0 saturated heterocycles. The fraction of sp³-hybridized carbons (Fsp3) is 0.400. The minimum Gasteiger partial charge on any atom is -0.358 e. The molecule has 2 amide bonds. The first kappa shape index (κ1) is 10.9. The standard InChI is InChI=1S/C15H17N3O/c19-15(16-10-5-6-10)18-8-7-14-12(9-18)11-3-1-2-4-13(11)17-14/h1-4,10,17H,5-9H2,(H,16,19). The SMILES string of the molecule is O=C(NC1CC1)N1CCc2[nH]c3ccccc3c2C1. The molecule has 0 atom stereocenters. The first-order valence-corrected chi connectivity index (χ1v) is 6.95. The number of nitrogens with zero attached hydrogens (tertiary/aromatic N) is 1. The molecular weight excluding hydrogens is 238 g/mol. The normalized spacial score (nSPS) is 18.4. The summed E-state index contributed by atoms with van der Waals surface area (Å²) in [6, 6.07) is 8.85. The van der Waals surface area contributed by atoms with E-state index in [-0.39, 0.29) is 6.03 Å². The molecule has 1 aromatic carbocycles. The predicted molar refractivity (Wildman–Crippen MR) is 74.0 cm³/mol. The van der Waals surface area contributed by atoms with Crippen LogP contribution < -0.4 is 5.32 Å². The minimum absolute atomic E-state index is 0.0958. The van der Waals surface area contributed by atoms with Gasteiger partial charge in [0.15, 0.2) is 0 Å². The number of nitrogens with one attached hydrogen (secondary N) is 2. The number of carbonyl (C=O) groups excluding carboxylic acids is 1. The maximum absolute atomic E-state index is 12.1. The van der Waals surface area contributed by atoms with Gasteiger partial charge in [-0.15, -0.1) is 0 Å². The van der Waals surface area contributed by atoms with E-state index < -0.39 is 0 Å². The zero-order valence-corrected chi connectivity index (χ0v) is 10.8. The highest BCUT2D eigenvalue weighted by atomic mass is 16.2. The number of aromatic amines is 1. The summed E-state index contributed by atoms with van der Waals surface area (Å²) in [4.78, 5) is 17.5. The number of amides is 2. The first-order chi connectivity index (χ1) is 9.31. The Morgan fingerprint density at radius 2 is 2.16 bits per heavy atom. The number of aromatic nitrogens is 1. The Bertz CT molecular complexity index is 642. The Morgan fingerprint density at radius 1 is 1.32 bits per heavy atom. The average molecular weight is 255 g/mol. The summed E-state index contributed by atoms with van der Waals surface area (Å²) in [6.07, 6.45) is 3.19. The van der Waals surface area contributed by atoms with Gasteiger partial charge in [-0.25, -0.2) is 4.79 Å². The van der Waals surface area contributed by atoms with E-state index in [2.05, 4.69) is 28.5 Å². The van der Waals surface area contributed by atoms with Crippen LogP contribution in [0.3, 0.4) is 0 Å². The molecule has 4 nitrogen and oxygen atoms in total. The molecule has 2 aromatic rings. The molecule has 0 radical (unpaired) electrons. The molecule has 4 rings (SSSR count). The number of urea groups is 1. The van der Waals surface area contributed by atoms with E-state index >= 15 is 0 Å². The number of carbonyl (C=O) groups is 1. The maximum atomic E-state index is 12.1. The van der Waals surface area contributed by atoms with Gasteiger partial charge in [-0.1, -0.05) is 18.2 Å². The van der Waals surface area contributed by atoms with E-state index in [1.165, 1.54) is 22.2 Å². The topological polar surface area (TPSA) is 48.1 Å². The van der Waals surface area contributed by atoms with Crippen LogP contribution in [0.25, 0.3) is 10.9 Å². The quantitative estimate of drug-likeness (QED) is 0.807. The second-order valence-corrected chi connectivity index (χ2v) is 5.52. The average Bonchev–Trinajstić information content (AvgIpc) is 3.17. The molecule has 0 unspecified atom stereocenters. The van der Waals surface area contributed by atoms with Crippen molar-refractivity contribution in [2.24, 2.45) is 0 Å². The highest BCUT2D eigenvalue weighted by Gasteiger charge is 2.28. The van der Waals surface area contributed by atoms with Crippen molar-refractivity contribution in [3.05, 3.63) is 35.5 Å². The summed E-state index contributed by atoms with van der Waals surface area (Å²) in [5.74, 6) is 0. The van der Waals surface area contributed by atoms with Crippen LogP contribution in [0.5, 0.6) is 0 Å². The van der Waals surface area contributed by atoms with Gasteiger partial charge >= 0.3 is 6.03 Å². The van der Waals surface area contributed by atoms with Crippen molar-refractivity contribution in [1.82, 2.24) is 15.2 Å². The van der Waals surface area contributed by atoms with Crippen molar-refractivity contribution in [2.45, 2.75) is 31.8 Å². The maximum Gasteiger partial charge on any atom is 0.317 e. The third kappa shape index (κ3) is 1.87. The van der Waals surface area contributed by atoms with Crippen LogP contribution in [0.15, 0.2) is 24.3 Å². The van der Waals surface area contributed by atoms with Crippen molar-refractivity contribution in [3.63, 3.8) is 0 Å². The van der Waals surface area contributed by atoms with Crippen LogP contribution >= 0.6 is 0 Å². The van der Waals surface area contributed by atoms with Gasteiger partial charge in [0.25, 0.3) is 0 Å². The molecule has 98 valence electrons. The minimum atomic E-state index is 0.0958. The molecule has 1 saturated carbocycles. The zero-order chi connectivity index (χ0) is 12.8. The van der Waals surface area contributed by atoms with Gasteiger partial charge in [0.2, 0.25) is 0 Å². The zero-order valence-electron chi connectivity index (χ0n) is 10.8. The second-order valence-electron chi connectivity index (χ2n) is 5.52. The lowest BCUT2D eigenvalue weighted by Gasteiger charge is -2.27. The molecule has 0 bridgehead atoms. The summed E-state index contributed by atoms with van der Waals surface area (Å²) in [5.41, 5.74) is 3.75. The molecule has 2 heterocycles. The smallest absolute Gasteiger partial charge is 0.317 e. The molecule has 19 heavy (non-hydrogen) atoms. The molecule has 0 spiro atoms. The fourth-order valence-electron chi connectivity index (χ4n) is 2.83. The van der Waals surface area contributed by atoms with Gasteiger partial charge in [-0.05, 0) is 18.9 Å². The number of benzene rings is 1. The first-order valence-electron chi connectivity index (χ1n) is 6.95. The summed E-state index contributed by atoms with van der Waals surface area (Å²) < 4.78 is 0. The summed E-state index contributed by atoms with van der Waals surface area (Å²) >= 11 is 0. The molecule has 1 aliphatic carbocycles. The van der Waals surface area contributed by atoms with Gasteiger partial charge in [0.1, 0.15) is 0 Å². The Morgan fingerprint density at radius 3 is 3.00 bits per heavy atom. The van der Waals surface area contributed by atoms with Crippen molar-refractivity contribution < 1.29 is 4.79 Å². The summed E-state index contributed by atoms with van der Waals surface area (Å²) in [5, 5.41) is 4.32. The Balaban J connectivity index is 1.63. The highest BCUT2D eigenvalue weighted by molar-refractivity contribution is 5.85. The molecule has 1 aromatic heterocycles. The number of para-hydroxylation sites is 1. The van der Waals surface area contributed by atoms with E-state index in [0.717, 1.165) is 32.4 Å². The van der Waals surface area contributed by atoms with Gasteiger partial charge in [0, 0.05) is 47.7 Å². The van der Waals surface area contributed by atoms with Crippen LogP contribution in [-0.4, -0.2) is 28.5 Å². The van der Waals surface area contributed by atoms with Crippen LogP contribution in [0, 0.1) is 0 Å². The molecule has 2 N–H and O–H groups in total. The van der Waals surface area contributed by atoms with Crippen molar-refractivity contribution in [2.75, 3.05) is 6.54 Å². The van der Waals surface area contributed by atoms with Gasteiger partial charge < -0.3 is 15.2 Å². The predicted octanol–water partition coefficient (Wildman–Crippen LogP) is 2.40. The third-order valence-electron chi connectivity index (χ3n) is 4.07. The van der Waals surface area contributed by atoms with Gasteiger partial charge in [-0.3, -0.25) is 0 Å². The number of rotatable bonds is 1. The number of H-pyrrole nitrogens is 1.